The van der Waals surface area contributed by atoms with Gasteiger partial charge in [-0.1, -0.05) is 108 Å². The van der Waals surface area contributed by atoms with Gasteiger partial charge in [-0.2, -0.15) is 0 Å². The van der Waals surface area contributed by atoms with Crippen molar-refractivity contribution >= 4 is 73.9 Å². The van der Waals surface area contributed by atoms with Crippen LogP contribution in [0, 0.1) is 0 Å². The number of carbonyl (C=O) groups excluding carboxylic acids is 2. The van der Waals surface area contributed by atoms with E-state index in [0.717, 1.165) is 9.87 Å². The largest absolute Gasteiger partial charge is 0.354 e. The Balaban J connectivity index is 1.83. The van der Waals surface area contributed by atoms with Crippen LogP contribution in [-0.2, 0) is 32.6 Å². The molecule has 4 aromatic rings. The molecule has 0 aromatic heterocycles. The van der Waals surface area contributed by atoms with Crippen molar-refractivity contribution in [1.82, 2.24) is 10.2 Å². The molecule has 2 amide bonds. The number of hydrogen-bond acceptors (Lipinski definition) is 4. The highest BCUT2D eigenvalue weighted by atomic mass is 35.5. The molecule has 0 aliphatic heterocycles. The minimum atomic E-state index is -4.30. The predicted octanol–water partition coefficient (Wildman–Crippen LogP) is 7.66. The standard InChI is InChI=1S/C33H31Cl4N3O4S/c1-2-15-38-33(42)31(16-23-9-5-3-6-10-23)39(21-24-13-14-25(34)20-30(24)37)32(41)22-40(28-18-26(35)17-27(36)19-28)45(43,44)29-11-7-4-8-12-29/h3-14,17-20,31H,2,15-16,21-22H2,1H3,(H,38,42)/t31-/m1/s1. The molecule has 0 fully saturated rings. The summed E-state index contributed by atoms with van der Waals surface area (Å²) >= 11 is 25.2. The highest BCUT2D eigenvalue weighted by Crippen LogP contribution is 2.31. The van der Waals surface area contributed by atoms with Gasteiger partial charge in [0.2, 0.25) is 11.8 Å². The van der Waals surface area contributed by atoms with E-state index >= 15 is 0 Å². The first-order chi connectivity index (χ1) is 21.5. The van der Waals surface area contributed by atoms with Crippen LogP contribution >= 0.6 is 46.4 Å². The second-order valence-electron chi connectivity index (χ2n) is 10.2. The van der Waals surface area contributed by atoms with Crippen molar-refractivity contribution in [3.05, 3.63) is 128 Å². The zero-order chi connectivity index (χ0) is 32.6. The lowest BCUT2D eigenvalue weighted by Crippen LogP contribution is -2.53. The van der Waals surface area contributed by atoms with Gasteiger partial charge < -0.3 is 10.2 Å². The first kappa shape index (κ1) is 34.6. The number of anilines is 1. The maximum atomic E-state index is 14.5. The fourth-order valence-corrected chi connectivity index (χ4v) is 7.09. The van der Waals surface area contributed by atoms with E-state index in [1.165, 1.54) is 35.2 Å². The molecular formula is C33H31Cl4N3O4S. The third kappa shape index (κ3) is 9.15. The number of rotatable bonds is 13. The minimum Gasteiger partial charge on any atom is -0.354 e. The first-order valence-corrected chi connectivity index (χ1v) is 17.0. The minimum absolute atomic E-state index is 0.0391. The average molecular weight is 708 g/mol. The Kier molecular flexibility index (Phi) is 12.2. The zero-order valence-electron chi connectivity index (χ0n) is 24.3. The van der Waals surface area contributed by atoms with Gasteiger partial charge in [-0.3, -0.25) is 13.9 Å². The highest BCUT2D eigenvalue weighted by molar-refractivity contribution is 7.92. The van der Waals surface area contributed by atoms with Crippen LogP contribution in [0.3, 0.4) is 0 Å². The number of benzene rings is 4. The fourth-order valence-electron chi connectivity index (χ4n) is 4.69. The second-order valence-corrected chi connectivity index (χ2v) is 13.8. The first-order valence-electron chi connectivity index (χ1n) is 14.1. The van der Waals surface area contributed by atoms with E-state index in [-0.39, 0.29) is 39.5 Å². The quantitative estimate of drug-likeness (QED) is 0.155. The molecule has 4 rings (SSSR count). The van der Waals surface area contributed by atoms with Crippen molar-refractivity contribution < 1.29 is 18.0 Å². The Hall–Kier alpha value is -3.27. The van der Waals surface area contributed by atoms with Crippen molar-refractivity contribution in [1.29, 1.82) is 0 Å². The van der Waals surface area contributed by atoms with Crippen LogP contribution in [0.15, 0.2) is 102 Å². The van der Waals surface area contributed by atoms with Crippen molar-refractivity contribution in [2.45, 2.75) is 37.2 Å². The zero-order valence-corrected chi connectivity index (χ0v) is 28.1. The second kappa shape index (κ2) is 15.8. The van der Waals surface area contributed by atoms with Crippen molar-refractivity contribution in [2.24, 2.45) is 0 Å². The van der Waals surface area contributed by atoms with Crippen LogP contribution in [-0.4, -0.2) is 44.3 Å². The number of nitrogens with one attached hydrogen (secondary N) is 1. The molecule has 7 nitrogen and oxygen atoms in total. The van der Waals surface area contributed by atoms with Gasteiger partial charge in [0.1, 0.15) is 12.6 Å². The number of carbonyl (C=O) groups is 2. The topological polar surface area (TPSA) is 86.8 Å². The van der Waals surface area contributed by atoms with Gasteiger partial charge in [0, 0.05) is 39.6 Å². The van der Waals surface area contributed by atoms with Crippen LogP contribution in [0.25, 0.3) is 0 Å². The van der Waals surface area contributed by atoms with E-state index in [1.807, 2.05) is 37.3 Å². The molecule has 236 valence electrons. The molecule has 4 aromatic carbocycles. The number of nitrogens with zero attached hydrogens (tertiary/aromatic N) is 2. The van der Waals surface area contributed by atoms with Crippen molar-refractivity contribution in [2.75, 3.05) is 17.4 Å². The number of halogens is 4. The third-order valence-corrected chi connectivity index (χ3v) is 9.73. The molecule has 1 N–H and O–H groups in total. The molecule has 12 heteroatoms. The Morgan fingerprint density at radius 3 is 2.02 bits per heavy atom. The summed E-state index contributed by atoms with van der Waals surface area (Å²) in [7, 11) is -4.30. The Morgan fingerprint density at radius 1 is 0.800 bits per heavy atom. The van der Waals surface area contributed by atoms with Crippen LogP contribution in [0.1, 0.15) is 24.5 Å². The van der Waals surface area contributed by atoms with Gasteiger partial charge in [-0.05, 0) is 60.0 Å². The average Bonchev–Trinajstić information content (AvgIpc) is 3.01. The van der Waals surface area contributed by atoms with E-state index in [1.54, 1.807) is 36.4 Å². The molecule has 0 aliphatic rings. The molecule has 0 saturated carbocycles. The van der Waals surface area contributed by atoms with Gasteiger partial charge >= 0.3 is 0 Å². The summed E-state index contributed by atoms with van der Waals surface area (Å²) in [5.74, 6) is -1.04. The van der Waals surface area contributed by atoms with Crippen LogP contribution in [0.2, 0.25) is 20.1 Å². The summed E-state index contributed by atoms with van der Waals surface area (Å²) in [6, 6.07) is 25.1. The Labute approximate surface area is 283 Å². The monoisotopic (exact) mass is 705 g/mol. The molecule has 45 heavy (non-hydrogen) atoms. The summed E-state index contributed by atoms with van der Waals surface area (Å²) in [4.78, 5) is 29.5. The Morgan fingerprint density at radius 2 is 1.42 bits per heavy atom. The Bertz CT molecular complexity index is 1720. The van der Waals surface area contributed by atoms with Crippen LogP contribution in [0.5, 0.6) is 0 Å². The lowest BCUT2D eigenvalue weighted by atomic mass is 10.0. The smallest absolute Gasteiger partial charge is 0.264 e. The summed E-state index contributed by atoms with van der Waals surface area (Å²) in [6.45, 7) is 1.56. The van der Waals surface area contributed by atoms with Gasteiger partial charge in [0.05, 0.1) is 10.6 Å². The van der Waals surface area contributed by atoms with Gasteiger partial charge in [0.25, 0.3) is 10.0 Å². The molecule has 0 heterocycles. The molecule has 0 aliphatic carbocycles. The molecule has 0 radical (unpaired) electrons. The third-order valence-electron chi connectivity index (χ3n) is 6.92. The summed E-state index contributed by atoms with van der Waals surface area (Å²) in [5, 5.41) is 3.97. The van der Waals surface area contributed by atoms with E-state index in [9.17, 15) is 18.0 Å². The van der Waals surface area contributed by atoms with Crippen LogP contribution < -0.4 is 9.62 Å². The highest BCUT2D eigenvalue weighted by Gasteiger charge is 2.35. The van der Waals surface area contributed by atoms with E-state index in [4.69, 9.17) is 46.4 Å². The van der Waals surface area contributed by atoms with Crippen LogP contribution in [0.4, 0.5) is 5.69 Å². The molecule has 0 unspecified atom stereocenters. The van der Waals surface area contributed by atoms with E-state index in [2.05, 4.69) is 5.32 Å². The molecule has 0 spiro atoms. The fraction of sp³-hybridized carbons (Fsp3) is 0.212. The lowest BCUT2D eigenvalue weighted by Gasteiger charge is -2.34. The van der Waals surface area contributed by atoms with Crippen molar-refractivity contribution in [3.8, 4) is 0 Å². The number of amides is 2. The number of hydrogen-bond donors (Lipinski definition) is 1. The number of sulfonamides is 1. The molecule has 0 saturated heterocycles. The van der Waals surface area contributed by atoms with Crippen molar-refractivity contribution in [3.63, 3.8) is 0 Å². The SMILES string of the molecule is CCCNC(=O)[C@@H](Cc1ccccc1)N(Cc1ccc(Cl)cc1Cl)C(=O)CN(c1cc(Cl)cc(Cl)c1)S(=O)(=O)c1ccccc1. The summed E-state index contributed by atoms with van der Waals surface area (Å²) in [5.41, 5.74) is 1.42. The summed E-state index contributed by atoms with van der Waals surface area (Å²) in [6.07, 6.45) is 0.848. The van der Waals surface area contributed by atoms with Gasteiger partial charge in [-0.15, -0.1) is 0 Å². The maximum absolute atomic E-state index is 14.5. The lowest BCUT2D eigenvalue weighted by molar-refractivity contribution is -0.140. The normalized spacial score (nSPS) is 11.9. The maximum Gasteiger partial charge on any atom is 0.264 e. The predicted molar refractivity (Wildman–Crippen MR) is 182 cm³/mol. The van der Waals surface area contributed by atoms with E-state index in [0.29, 0.717) is 28.6 Å². The summed E-state index contributed by atoms with van der Waals surface area (Å²) < 4.78 is 29.1. The molecule has 1 atom stereocenters. The van der Waals surface area contributed by atoms with Gasteiger partial charge in [-0.25, -0.2) is 8.42 Å². The van der Waals surface area contributed by atoms with Gasteiger partial charge in [0.15, 0.2) is 0 Å². The molecular weight excluding hydrogens is 676 g/mol. The molecule has 0 bridgehead atoms. The van der Waals surface area contributed by atoms with E-state index < -0.39 is 28.5 Å².